The molecule has 8 nitrogen and oxygen atoms in total. The van der Waals surface area contributed by atoms with E-state index in [4.69, 9.17) is 9.84 Å². The first kappa shape index (κ1) is 17.3. The second kappa shape index (κ2) is 7.22. The molecule has 1 aromatic carbocycles. The van der Waals surface area contributed by atoms with E-state index < -0.39 is 0 Å². The zero-order chi connectivity index (χ0) is 18.8. The third-order valence-corrected chi connectivity index (χ3v) is 4.65. The Labute approximate surface area is 157 Å². The summed E-state index contributed by atoms with van der Waals surface area (Å²) in [5.74, 6) is 1.57. The van der Waals surface area contributed by atoms with Gasteiger partial charge in [-0.3, -0.25) is 0 Å². The Balaban J connectivity index is 1.57. The Morgan fingerprint density at radius 3 is 2.67 bits per heavy atom. The third-order valence-electron chi connectivity index (χ3n) is 4.65. The van der Waals surface area contributed by atoms with Gasteiger partial charge in [-0.1, -0.05) is 23.8 Å². The van der Waals surface area contributed by atoms with E-state index in [0.717, 1.165) is 22.8 Å². The van der Waals surface area contributed by atoms with Gasteiger partial charge in [-0.25, -0.2) is 4.79 Å². The van der Waals surface area contributed by atoms with Crippen molar-refractivity contribution in [3.05, 3.63) is 42.0 Å². The van der Waals surface area contributed by atoms with Gasteiger partial charge in [0.1, 0.15) is 5.82 Å². The van der Waals surface area contributed by atoms with Crippen LogP contribution in [0.4, 0.5) is 10.6 Å². The summed E-state index contributed by atoms with van der Waals surface area (Å²) < 4.78 is 6.86. The summed E-state index contributed by atoms with van der Waals surface area (Å²) in [5, 5.41) is 13.3. The number of aryl methyl sites for hydroxylation is 1. The number of amides is 1. The molecule has 2 aromatic heterocycles. The van der Waals surface area contributed by atoms with Crippen molar-refractivity contribution in [1.82, 2.24) is 24.7 Å². The van der Waals surface area contributed by atoms with E-state index in [-0.39, 0.29) is 6.09 Å². The smallest absolute Gasteiger partial charge is 0.409 e. The van der Waals surface area contributed by atoms with E-state index in [1.807, 2.05) is 31.2 Å². The van der Waals surface area contributed by atoms with Crippen LogP contribution in [0.25, 0.3) is 17.0 Å². The fourth-order valence-electron chi connectivity index (χ4n) is 3.24. The zero-order valence-corrected chi connectivity index (χ0v) is 15.5. The molecular formula is C19H22N6O2. The summed E-state index contributed by atoms with van der Waals surface area (Å²) >= 11 is 0. The van der Waals surface area contributed by atoms with Crippen LogP contribution < -0.4 is 4.90 Å². The summed E-state index contributed by atoms with van der Waals surface area (Å²) in [5.41, 5.74) is 2.86. The predicted octanol–water partition coefficient (Wildman–Crippen LogP) is 2.38. The molecule has 3 aromatic rings. The number of hydrogen-bond donors (Lipinski definition) is 0. The number of ether oxygens (including phenoxy) is 1. The van der Waals surface area contributed by atoms with Crippen molar-refractivity contribution in [2.45, 2.75) is 13.8 Å². The fourth-order valence-corrected chi connectivity index (χ4v) is 3.24. The van der Waals surface area contributed by atoms with Crippen molar-refractivity contribution in [3.8, 4) is 11.4 Å². The maximum atomic E-state index is 11.9. The molecule has 0 radical (unpaired) electrons. The molecular weight excluding hydrogens is 344 g/mol. The first-order valence-corrected chi connectivity index (χ1v) is 9.12. The molecule has 1 aliphatic heterocycles. The summed E-state index contributed by atoms with van der Waals surface area (Å²) in [6.45, 7) is 6.91. The van der Waals surface area contributed by atoms with Crippen LogP contribution in [0.15, 0.2) is 36.4 Å². The predicted molar refractivity (Wildman–Crippen MR) is 102 cm³/mol. The van der Waals surface area contributed by atoms with E-state index >= 15 is 0 Å². The van der Waals surface area contributed by atoms with Gasteiger partial charge in [0.05, 0.1) is 6.61 Å². The summed E-state index contributed by atoms with van der Waals surface area (Å²) in [6.07, 6.45) is -0.249. The van der Waals surface area contributed by atoms with Gasteiger partial charge in [-0.05, 0) is 32.0 Å². The molecule has 0 saturated carbocycles. The maximum Gasteiger partial charge on any atom is 0.409 e. The number of anilines is 1. The molecule has 3 heterocycles. The second-order valence-electron chi connectivity index (χ2n) is 6.53. The third kappa shape index (κ3) is 3.42. The van der Waals surface area contributed by atoms with Crippen LogP contribution >= 0.6 is 0 Å². The van der Waals surface area contributed by atoms with Crippen LogP contribution in [0.3, 0.4) is 0 Å². The number of piperazine rings is 1. The first-order chi connectivity index (χ1) is 13.2. The Hall–Kier alpha value is -3.16. The van der Waals surface area contributed by atoms with Crippen LogP contribution in [0, 0.1) is 6.92 Å². The van der Waals surface area contributed by atoms with E-state index in [9.17, 15) is 4.79 Å². The number of benzene rings is 1. The largest absolute Gasteiger partial charge is 0.450 e. The zero-order valence-electron chi connectivity index (χ0n) is 15.5. The van der Waals surface area contributed by atoms with Crippen LogP contribution in [0.2, 0.25) is 0 Å². The molecule has 8 heteroatoms. The minimum Gasteiger partial charge on any atom is -0.450 e. The van der Waals surface area contributed by atoms with Gasteiger partial charge in [0.15, 0.2) is 11.5 Å². The van der Waals surface area contributed by atoms with Gasteiger partial charge in [-0.15, -0.1) is 15.3 Å². The van der Waals surface area contributed by atoms with Crippen LogP contribution in [-0.4, -0.2) is 63.6 Å². The monoisotopic (exact) mass is 366 g/mol. The minimum atomic E-state index is -0.249. The molecule has 1 fully saturated rings. The van der Waals surface area contributed by atoms with Crippen LogP contribution in [0.5, 0.6) is 0 Å². The van der Waals surface area contributed by atoms with Crippen molar-refractivity contribution in [3.63, 3.8) is 0 Å². The molecule has 140 valence electrons. The number of aromatic nitrogens is 4. The summed E-state index contributed by atoms with van der Waals surface area (Å²) in [4.78, 5) is 15.8. The van der Waals surface area contributed by atoms with Crippen LogP contribution in [-0.2, 0) is 4.74 Å². The number of rotatable bonds is 3. The summed E-state index contributed by atoms with van der Waals surface area (Å²) in [7, 11) is 0. The Bertz CT molecular complexity index is 962. The van der Waals surface area contributed by atoms with Crippen molar-refractivity contribution in [2.24, 2.45) is 0 Å². The highest BCUT2D eigenvalue weighted by atomic mass is 16.6. The van der Waals surface area contributed by atoms with Gasteiger partial charge in [0, 0.05) is 31.7 Å². The van der Waals surface area contributed by atoms with Crippen LogP contribution in [0.1, 0.15) is 12.5 Å². The molecule has 27 heavy (non-hydrogen) atoms. The Morgan fingerprint density at radius 2 is 1.93 bits per heavy atom. The molecule has 1 saturated heterocycles. The lowest BCUT2D eigenvalue weighted by atomic mass is 10.1. The number of hydrogen-bond acceptors (Lipinski definition) is 6. The molecule has 0 unspecified atom stereocenters. The van der Waals surface area contributed by atoms with Gasteiger partial charge in [0.25, 0.3) is 0 Å². The lowest BCUT2D eigenvalue weighted by Gasteiger charge is -2.34. The topological polar surface area (TPSA) is 75.9 Å². The molecule has 0 spiro atoms. The number of carbonyl (C=O) groups excluding carboxylic acids is 1. The first-order valence-electron chi connectivity index (χ1n) is 9.12. The quantitative estimate of drug-likeness (QED) is 0.708. The highest BCUT2D eigenvalue weighted by Crippen LogP contribution is 2.21. The van der Waals surface area contributed by atoms with Crippen molar-refractivity contribution in [2.75, 3.05) is 37.7 Å². The standard InChI is InChI=1S/C19H22N6O2/c1-3-27-19(26)24-11-9-23(10-12-24)17-8-7-16-20-21-18(25(16)22-17)15-6-4-5-14(2)13-15/h4-8,13H,3,9-12H2,1-2H3. The van der Waals surface area contributed by atoms with Gasteiger partial charge in [-0.2, -0.15) is 4.52 Å². The Kier molecular flexibility index (Phi) is 4.62. The highest BCUT2D eigenvalue weighted by molar-refractivity contribution is 5.68. The lowest BCUT2D eigenvalue weighted by molar-refractivity contribution is 0.105. The Morgan fingerprint density at radius 1 is 1.11 bits per heavy atom. The molecule has 0 bridgehead atoms. The summed E-state index contributed by atoms with van der Waals surface area (Å²) in [6, 6.07) is 12.0. The molecule has 0 atom stereocenters. The van der Waals surface area contributed by atoms with Gasteiger partial charge < -0.3 is 14.5 Å². The molecule has 4 rings (SSSR count). The molecule has 1 aliphatic rings. The normalized spacial score (nSPS) is 14.6. The number of fused-ring (bicyclic) bond motifs is 1. The van der Waals surface area contributed by atoms with Crippen molar-refractivity contribution in [1.29, 1.82) is 0 Å². The van der Waals surface area contributed by atoms with Gasteiger partial charge >= 0.3 is 6.09 Å². The maximum absolute atomic E-state index is 11.9. The minimum absolute atomic E-state index is 0.249. The van der Waals surface area contributed by atoms with E-state index in [0.29, 0.717) is 38.4 Å². The van der Waals surface area contributed by atoms with Crippen molar-refractivity contribution >= 4 is 17.6 Å². The van der Waals surface area contributed by atoms with Gasteiger partial charge in [0.2, 0.25) is 0 Å². The second-order valence-corrected chi connectivity index (χ2v) is 6.53. The number of carbonyl (C=O) groups is 1. The van der Waals surface area contributed by atoms with Crippen molar-refractivity contribution < 1.29 is 9.53 Å². The number of nitrogens with zero attached hydrogens (tertiary/aromatic N) is 6. The lowest BCUT2D eigenvalue weighted by Crippen LogP contribution is -2.49. The average molecular weight is 366 g/mol. The molecule has 1 amide bonds. The van der Waals surface area contributed by atoms with E-state index in [2.05, 4.69) is 34.2 Å². The fraction of sp³-hybridized carbons (Fsp3) is 0.368. The SMILES string of the molecule is CCOC(=O)N1CCN(c2ccc3nnc(-c4cccc(C)c4)n3n2)CC1. The average Bonchev–Trinajstić information content (AvgIpc) is 3.11. The van der Waals surface area contributed by atoms with E-state index in [1.165, 1.54) is 0 Å². The molecule has 0 N–H and O–H groups in total. The molecule has 0 aliphatic carbocycles. The van der Waals surface area contributed by atoms with E-state index in [1.54, 1.807) is 9.42 Å². The highest BCUT2D eigenvalue weighted by Gasteiger charge is 2.23.